The van der Waals surface area contributed by atoms with E-state index in [1.54, 1.807) is 42.1 Å². The molecule has 2 aromatic carbocycles. The van der Waals surface area contributed by atoms with Crippen molar-refractivity contribution in [2.24, 2.45) is 4.99 Å². The van der Waals surface area contributed by atoms with Crippen LogP contribution < -0.4 is 10.0 Å². The van der Waals surface area contributed by atoms with Gasteiger partial charge in [-0.05, 0) is 49.6 Å². The van der Waals surface area contributed by atoms with Crippen LogP contribution in [-0.2, 0) is 24.3 Å². The van der Waals surface area contributed by atoms with Crippen molar-refractivity contribution in [3.05, 3.63) is 54.1 Å². The molecule has 1 aliphatic heterocycles. The van der Waals surface area contributed by atoms with Crippen LogP contribution in [0.15, 0.2) is 63.3 Å². The Bertz CT molecular complexity index is 1070. The van der Waals surface area contributed by atoms with Crippen LogP contribution in [0.5, 0.6) is 0 Å². The van der Waals surface area contributed by atoms with Gasteiger partial charge in [0.15, 0.2) is 6.61 Å². The number of nitrogens with one attached hydrogen (secondary N) is 2. The van der Waals surface area contributed by atoms with Crippen LogP contribution in [0.25, 0.3) is 0 Å². The van der Waals surface area contributed by atoms with Gasteiger partial charge < -0.3 is 10.1 Å². The first-order valence-electron chi connectivity index (χ1n) is 8.61. The number of amidine groups is 1. The van der Waals surface area contributed by atoms with E-state index in [1.807, 2.05) is 18.4 Å². The largest absolute Gasteiger partial charge is 0.454 e. The second-order valence-corrected chi connectivity index (χ2v) is 8.67. The van der Waals surface area contributed by atoms with E-state index < -0.39 is 34.5 Å². The molecule has 0 saturated heterocycles. The molecule has 0 aromatic heterocycles. The van der Waals surface area contributed by atoms with E-state index in [1.165, 1.54) is 13.0 Å². The average Bonchev–Trinajstić information content (AvgIpc) is 2.97. The maximum absolute atomic E-state index is 12.2. The molecule has 0 aliphatic carbocycles. The minimum Gasteiger partial charge on any atom is -0.454 e. The van der Waals surface area contributed by atoms with Crippen molar-refractivity contribution in [3.8, 4) is 0 Å². The van der Waals surface area contributed by atoms with Crippen molar-refractivity contribution >= 4 is 45.2 Å². The summed E-state index contributed by atoms with van der Waals surface area (Å²) < 4.78 is 31.5. The first kappa shape index (κ1) is 20.9. The van der Waals surface area contributed by atoms with Gasteiger partial charge in [0.2, 0.25) is 0 Å². The molecule has 0 unspecified atom stereocenters. The van der Waals surface area contributed by atoms with Gasteiger partial charge in [0.25, 0.3) is 15.9 Å². The molecule has 0 bridgehead atoms. The number of hydrogen-bond acceptors (Lipinski definition) is 7. The lowest BCUT2D eigenvalue weighted by atomic mass is 10.2. The summed E-state index contributed by atoms with van der Waals surface area (Å²) in [4.78, 5) is 29.4. The molecule has 8 nitrogen and oxygen atoms in total. The highest BCUT2D eigenvalue weighted by atomic mass is 32.2. The van der Waals surface area contributed by atoms with Crippen LogP contribution in [0.4, 0.5) is 5.69 Å². The summed E-state index contributed by atoms with van der Waals surface area (Å²) in [6.07, 6.45) is 1.95. The predicted octanol–water partition coefficient (Wildman–Crippen LogP) is 2.02. The van der Waals surface area contributed by atoms with Crippen LogP contribution in [-0.4, -0.2) is 45.0 Å². The quantitative estimate of drug-likeness (QED) is 0.532. The number of anilines is 1. The molecule has 0 fully saturated rings. The van der Waals surface area contributed by atoms with E-state index >= 15 is 0 Å². The highest BCUT2D eigenvalue weighted by molar-refractivity contribution is 7.98. The molecular weight excluding hydrogens is 414 g/mol. The van der Waals surface area contributed by atoms with E-state index in [0.29, 0.717) is 11.3 Å². The zero-order chi connectivity index (χ0) is 21.0. The molecule has 2 aromatic rings. The Morgan fingerprint density at radius 1 is 1.17 bits per heavy atom. The van der Waals surface area contributed by atoms with Gasteiger partial charge in [0, 0.05) is 16.1 Å². The number of fused-ring (bicyclic) bond motifs is 1. The summed E-state index contributed by atoms with van der Waals surface area (Å²) in [7, 11) is -3.69. The van der Waals surface area contributed by atoms with E-state index in [-0.39, 0.29) is 10.7 Å². The van der Waals surface area contributed by atoms with Gasteiger partial charge in [-0.25, -0.2) is 13.2 Å². The Labute approximate surface area is 172 Å². The average molecular weight is 434 g/mol. The predicted molar refractivity (Wildman–Crippen MR) is 111 cm³/mol. The SMILES string of the molecule is CSc1ccc(NC(=O)COC(=O)[C@H](C)N=C2NS(=O)(=O)c3ccccc32)cc1. The summed E-state index contributed by atoms with van der Waals surface area (Å²) in [5, 5.41) is 2.63. The van der Waals surface area contributed by atoms with Gasteiger partial charge in [-0.2, -0.15) is 0 Å². The van der Waals surface area contributed by atoms with E-state index in [2.05, 4.69) is 15.0 Å². The second-order valence-electron chi connectivity index (χ2n) is 6.14. The molecule has 0 saturated carbocycles. The number of sulfonamides is 1. The Morgan fingerprint density at radius 2 is 1.86 bits per heavy atom. The summed E-state index contributed by atoms with van der Waals surface area (Å²) >= 11 is 1.59. The molecule has 1 atom stereocenters. The number of hydrogen-bond donors (Lipinski definition) is 2. The molecule has 2 N–H and O–H groups in total. The molecule has 3 rings (SSSR count). The van der Waals surface area contributed by atoms with Crippen molar-refractivity contribution in [2.75, 3.05) is 18.2 Å². The van der Waals surface area contributed by atoms with E-state index in [4.69, 9.17) is 4.74 Å². The molecule has 0 radical (unpaired) electrons. The summed E-state index contributed by atoms with van der Waals surface area (Å²) in [6, 6.07) is 12.6. The lowest BCUT2D eigenvalue weighted by Crippen LogP contribution is -2.28. The topological polar surface area (TPSA) is 114 Å². The van der Waals surface area contributed by atoms with Crippen molar-refractivity contribution < 1.29 is 22.7 Å². The Balaban J connectivity index is 1.58. The monoisotopic (exact) mass is 433 g/mol. The first-order valence-corrected chi connectivity index (χ1v) is 11.3. The van der Waals surface area contributed by atoms with Crippen molar-refractivity contribution in [1.29, 1.82) is 0 Å². The minimum absolute atomic E-state index is 0.0726. The fourth-order valence-corrected chi connectivity index (χ4v) is 4.25. The van der Waals surface area contributed by atoms with Crippen LogP contribution >= 0.6 is 11.8 Å². The number of carbonyl (C=O) groups excluding carboxylic acids is 2. The van der Waals surface area contributed by atoms with Crippen molar-refractivity contribution in [2.45, 2.75) is 22.8 Å². The maximum Gasteiger partial charge on any atom is 0.331 e. The zero-order valence-corrected chi connectivity index (χ0v) is 17.3. The number of esters is 1. The number of nitrogens with zero attached hydrogens (tertiary/aromatic N) is 1. The highest BCUT2D eigenvalue weighted by Crippen LogP contribution is 2.22. The molecule has 29 heavy (non-hydrogen) atoms. The number of thioether (sulfide) groups is 1. The fourth-order valence-electron chi connectivity index (χ4n) is 2.60. The van der Waals surface area contributed by atoms with Gasteiger partial charge in [-0.15, -0.1) is 11.8 Å². The Kier molecular flexibility index (Phi) is 6.23. The van der Waals surface area contributed by atoms with Gasteiger partial charge in [-0.3, -0.25) is 14.5 Å². The third kappa shape index (κ3) is 4.96. The molecule has 1 heterocycles. The standard InChI is InChI=1S/C19H19N3O5S2/c1-12(20-18-15-5-3-4-6-16(15)29(25,26)22-18)19(24)27-11-17(23)21-13-7-9-14(28-2)10-8-13/h3-10,12H,11H2,1-2H3,(H,20,22)(H,21,23)/t12-/m0/s1. The number of amides is 1. The van der Waals surface area contributed by atoms with Crippen LogP contribution in [0.1, 0.15) is 12.5 Å². The first-order chi connectivity index (χ1) is 13.8. The molecule has 152 valence electrons. The van der Waals surface area contributed by atoms with E-state index in [9.17, 15) is 18.0 Å². The lowest BCUT2D eigenvalue weighted by Gasteiger charge is -2.10. The summed E-state index contributed by atoms with van der Waals surface area (Å²) in [5.74, 6) is -1.15. The number of benzene rings is 2. The number of rotatable bonds is 6. The summed E-state index contributed by atoms with van der Waals surface area (Å²) in [6.45, 7) is 0.990. The third-order valence-electron chi connectivity index (χ3n) is 4.05. The second kappa shape index (κ2) is 8.66. The van der Waals surface area contributed by atoms with Crippen molar-refractivity contribution in [1.82, 2.24) is 4.72 Å². The van der Waals surface area contributed by atoms with Crippen LogP contribution in [0.3, 0.4) is 0 Å². The molecule has 0 spiro atoms. The van der Waals surface area contributed by atoms with Crippen LogP contribution in [0, 0.1) is 0 Å². The van der Waals surface area contributed by atoms with Crippen molar-refractivity contribution in [3.63, 3.8) is 0 Å². The summed E-state index contributed by atoms with van der Waals surface area (Å²) in [5.41, 5.74) is 0.979. The van der Waals surface area contributed by atoms with Gasteiger partial charge >= 0.3 is 5.97 Å². The number of ether oxygens (including phenoxy) is 1. The Hall–Kier alpha value is -2.85. The van der Waals surface area contributed by atoms with Crippen LogP contribution in [0.2, 0.25) is 0 Å². The van der Waals surface area contributed by atoms with Gasteiger partial charge in [0.05, 0.1) is 4.90 Å². The molecule has 1 aliphatic rings. The van der Waals surface area contributed by atoms with Gasteiger partial charge in [-0.1, -0.05) is 12.1 Å². The normalized spacial score (nSPS) is 16.6. The fraction of sp³-hybridized carbons (Fsp3) is 0.211. The number of aliphatic imine (C=N–C) groups is 1. The molecule has 10 heteroatoms. The lowest BCUT2D eigenvalue weighted by molar-refractivity contribution is -0.148. The number of carbonyl (C=O) groups is 2. The minimum atomic E-state index is -3.69. The smallest absolute Gasteiger partial charge is 0.331 e. The zero-order valence-electron chi connectivity index (χ0n) is 15.7. The third-order valence-corrected chi connectivity index (χ3v) is 6.19. The van der Waals surface area contributed by atoms with E-state index in [0.717, 1.165) is 4.90 Å². The molecular formula is C19H19N3O5S2. The Morgan fingerprint density at radius 3 is 2.55 bits per heavy atom. The highest BCUT2D eigenvalue weighted by Gasteiger charge is 2.31. The van der Waals surface area contributed by atoms with Gasteiger partial charge in [0.1, 0.15) is 11.9 Å². The molecule has 1 amide bonds. The maximum atomic E-state index is 12.2.